The van der Waals surface area contributed by atoms with Crippen molar-refractivity contribution in [1.29, 1.82) is 0 Å². The molecule has 1 fully saturated rings. The summed E-state index contributed by atoms with van der Waals surface area (Å²) in [7, 11) is 2.07. The van der Waals surface area contributed by atoms with Gasteiger partial charge in [-0.1, -0.05) is 32.6 Å². The highest BCUT2D eigenvalue weighted by Crippen LogP contribution is 2.30. The van der Waals surface area contributed by atoms with Crippen molar-refractivity contribution >= 4 is 0 Å². The van der Waals surface area contributed by atoms with E-state index in [0.717, 1.165) is 11.8 Å². The minimum atomic E-state index is 0.711. The molecule has 1 heteroatoms. The lowest BCUT2D eigenvalue weighted by molar-refractivity contribution is 0.261. The molecule has 0 aromatic carbocycles. The molecule has 1 N–H and O–H groups in total. The normalized spacial score (nSPS) is 33.2. The molecule has 0 aromatic rings. The summed E-state index contributed by atoms with van der Waals surface area (Å²) in [5.74, 6) is 2.00. The SMILES string of the molecule is CNC(C)CC1CCC(C)CC1. The van der Waals surface area contributed by atoms with E-state index < -0.39 is 0 Å². The van der Waals surface area contributed by atoms with Crippen molar-refractivity contribution < 1.29 is 0 Å². The van der Waals surface area contributed by atoms with Crippen LogP contribution >= 0.6 is 0 Å². The summed E-state index contributed by atoms with van der Waals surface area (Å²) in [6, 6.07) is 0.711. The number of rotatable bonds is 3. The third kappa shape index (κ3) is 3.14. The van der Waals surface area contributed by atoms with Gasteiger partial charge in [-0.15, -0.1) is 0 Å². The average molecular weight is 169 g/mol. The van der Waals surface area contributed by atoms with Gasteiger partial charge in [0.15, 0.2) is 0 Å². The molecule has 0 heterocycles. The Bertz CT molecular complexity index is 114. The van der Waals surface area contributed by atoms with Crippen LogP contribution in [0.2, 0.25) is 0 Å². The predicted octanol–water partition coefficient (Wildman–Crippen LogP) is 2.81. The van der Waals surface area contributed by atoms with E-state index in [4.69, 9.17) is 0 Å². The van der Waals surface area contributed by atoms with Crippen LogP contribution in [-0.2, 0) is 0 Å². The third-order valence-corrected chi connectivity index (χ3v) is 3.32. The van der Waals surface area contributed by atoms with Gasteiger partial charge in [0.05, 0.1) is 0 Å². The van der Waals surface area contributed by atoms with Crippen molar-refractivity contribution in [1.82, 2.24) is 5.32 Å². The van der Waals surface area contributed by atoms with Gasteiger partial charge in [0.1, 0.15) is 0 Å². The molecule has 0 aliphatic heterocycles. The van der Waals surface area contributed by atoms with Gasteiger partial charge in [0.25, 0.3) is 0 Å². The Balaban J connectivity index is 2.17. The molecule has 1 aliphatic rings. The summed E-state index contributed by atoms with van der Waals surface area (Å²) in [6.45, 7) is 4.68. The fourth-order valence-electron chi connectivity index (χ4n) is 2.18. The standard InChI is InChI=1S/C11H23N/c1-9-4-6-11(7-5-9)8-10(2)12-3/h9-12H,4-8H2,1-3H3. The molecule has 0 saturated heterocycles. The fraction of sp³-hybridized carbons (Fsp3) is 1.00. The maximum absolute atomic E-state index is 3.32. The lowest BCUT2D eigenvalue weighted by Crippen LogP contribution is -2.26. The van der Waals surface area contributed by atoms with E-state index in [2.05, 4.69) is 26.2 Å². The van der Waals surface area contributed by atoms with Gasteiger partial charge < -0.3 is 5.32 Å². The van der Waals surface area contributed by atoms with E-state index in [9.17, 15) is 0 Å². The minimum absolute atomic E-state index is 0.711. The average Bonchev–Trinajstić information content (AvgIpc) is 2.09. The molecule has 12 heavy (non-hydrogen) atoms. The molecule has 0 spiro atoms. The van der Waals surface area contributed by atoms with Crippen LogP contribution in [0.3, 0.4) is 0 Å². The highest BCUT2D eigenvalue weighted by molar-refractivity contribution is 4.73. The second-order valence-corrected chi connectivity index (χ2v) is 4.55. The molecule has 0 amide bonds. The predicted molar refractivity (Wildman–Crippen MR) is 54.3 cm³/mol. The summed E-state index contributed by atoms with van der Waals surface area (Å²) in [4.78, 5) is 0. The van der Waals surface area contributed by atoms with Gasteiger partial charge in [0, 0.05) is 6.04 Å². The van der Waals surface area contributed by atoms with E-state index in [0.29, 0.717) is 6.04 Å². The summed E-state index contributed by atoms with van der Waals surface area (Å²) in [5, 5.41) is 3.32. The van der Waals surface area contributed by atoms with Crippen molar-refractivity contribution in [2.45, 2.75) is 52.0 Å². The van der Waals surface area contributed by atoms with Gasteiger partial charge in [-0.25, -0.2) is 0 Å². The lowest BCUT2D eigenvalue weighted by atomic mass is 9.80. The number of nitrogens with one attached hydrogen (secondary N) is 1. The number of hydrogen-bond donors (Lipinski definition) is 1. The summed E-state index contributed by atoms with van der Waals surface area (Å²) in [6.07, 6.45) is 7.23. The van der Waals surface area contributed by atoms with Gasteiger partial charge in [-0.2, -0.15) is 0 Å². The molecule has 1 atom stereocenters. The summed E-state index contributed by atoms with van der Waals surface area (Å²) >= 11 is 0. The fourth-order valence-corrected chi connectivity index (χ4v) is 2.18. The zero-order chi connectivity index (χ0) is 8.97. The molecular formula is C11H23N. The first-order valence-electron chi connectivity index (χ1n) is 5.39. The third-order valence-electron chi connectivity index (χ3n) is 3.32. The van der Waals surface area contributed by atoms with E-state index >= 15 is 0 Å². The van der Waals surface area contributed by atoms with Crippen molar-refractivity contribution in [3.05, 3.63) is 0 Å². The van der Waals surface area contributed by atoms with Crippen LogP contribution in [0, 0.1) is 11.8 Å². The van der Waals surface area contributed by atoms with E-state index in [1.54, 1.807) is 0 Å². The van der Waals surface area contributed by atoms with Crippen LogP contribution in [0.1, 0.15) is 46.0 Å². The molecule has 72 valence electrons. The first-order valence-corrected chi connectivity index (χ1v) is 5.39. The molecule has 0 bridgehead atoms. The van der Waals surface area contributed by atoms with E-state index in [-0.39, 0.29) is 0 Å². The molecule has 1 saturated carbocycles. The van der Waals surface area contributed by atoms with Crippen molar-refractivity contribution in [2.24, 2.45) is 11.8 Å². The molecule has 1 nitrogen and oxygen atoms in total. The zero-order valence-electron chi connectivity index (χ0n) is 8.77. The number of hydrogen-bond acceptors (Lipinski definition) is 1. The Kier molecular flexibility index (Phi) is 4.07. The second kappa shape index (κ2) is 4.86. The van der Waals surface area contributed by atoms with Crippen LogP contribution in [-0.4, -0.2) is 13.1 Å². The molecule has 1 aliphatic carbocycles. The Hall–Kier alpha value is -0.0400. The van der Waals surface area contributed by atoms with Crippen LogP contribution < -0.4 is 5.32 Å². The molecule has 0 radical (unpaired) electrons. The topological polar surface area (TPSA) is 12.0 Å². The summed E-state index contributed by atoms with van der Waals surface area (Å²) in [5.41, 5.74) is 0. The van der Waals surface area contributed by atoms with Gasteiger partial charge in [-0.05, 0) is 32.2 Å². The first kappa shape index (κ1) is 10.0. The zero-order valence-corrected chi connectivity index (χ0v) is 8.77. The monoisotopic (exact) mass is 169 g/mol. The van der Waals surface area contributed by atoms with Crippen LogP contribution in [0.25, 0.3) is 0 Å². The molecule has 1 unspecified atom stereocenters. The van der Waals surface area contributed by atoms with Crippen LogP contribution in [0.5, 0.6) is 0 Å². The van der Waals surface area contributed by atoms with Gasteiger partial charge in [0.2, 0.25) is 0 Å². The van der Waals surface area contributed by atoms with Gasteiger partial charge in [-0.3, -0.25) is 0 Å². The second-order valence-electron chi connectivity index (χ2n) is 4.55. The van der Waals surface area contributed by atoms with E-state index in [1.807, 2.05) is 0 Å². The van der Waals surface area contributed by atoms with Crippen molar-refractivity contribution in [3.63, 3.8) is 0 Å². The van der Waals surface area contributed by atoms with Crippen LogP contribution in [0.15, 0.2) is 0 Å². The smallest absolute Gasteiger partial charge is 0.00383 e. The Labute approximate surface area is 76.9 Å². The Morgan fingerprint density at radius 3 is 2.33 bits per heavy atom. The van der Waals surface area contributed by atoms with Gasteiger partial charge >= 0.3 is 0 Å². The van der Waals surface area contributed by atoms with E-state index in [1.165, 1.54) is 32.1 Å². The highest BCUT2D eigenvalue weighted by atomic mass is 14.8. The largest absolute Gasteiger partial charge is 0.317 e. The maximum atomic E-state index is 3.32. The summed E-state index contributed by atoms with van der Waals surface area (Å²) < 4.78 is 0. The maximum Gasteiger partial charge on any atom is 0.00383 e. The first-order chi connectivity index (χ1) is 5.72. The van der Waals surface area contributed by atoms with Crippen molar-refractivity contribution in [3.8, 4) is 0 Å². The molecule has 0 aromatic heterocycles. The Morgan fingerprint density at radius 2 is 1.83 bits per heavy atom. The molecule has 1 rings (SSSR count). The molecular weight excluding hydrogens is 146 g/mol. The quantitative estimate of drug-likeness (QED) is 0.685. The minimum Gasteiger partial charge on any atom is -0.317 e. The Morgan fingerprint density at radius 1 is 1.25 bits per heavy atom. The van der Waals surface area contributed by atoms with Crippen molar-refractivity contribution in [2.75, 3.05) is 7.05 Å². The lowest BCUT2D eigenvalue weighted by Gasteiger charge is -2.28. The van der Waals surface area contributed by atoms with Crippen LogP contribution in [0.4, 0.5) is 0 Å². The highest BCUT2D eigenvalue weighted by Gasteiger charge is 2.19.